The Kier molecular flexibility index (Phi) is 10.0. The summed E-state index contributed by atoms with van der Waals surface area (Å²) in [5.74, 6) is 0.0481. The minimum Gasteiger partial charge on any atom is -0.495 e. The molecule has 1 atom stereocenters. The third-order valence-corrected chi connectivity index (χ3v) is 6.89. The number of esters is 1. The number of piperazine rings is 1. The second-order valence-electron chi connectivity index (χ2n) is 9.60. The zero-order chi connectivity index (χ0) is 29.2. The lowest BCUT2D eigenvalue weighted by Gasteiger charge is -2.38. The number of hydrogen-bond donors (Lipinski definition) is 3. The number of rotatable bonds is 10. The first-order valence-corrected chi connectivity index (χ1v) is 13.7. The molecule has 1 unspecified atom stereocenters. The molecular formula is C31H37N5O5. The summed E-state index contributed by atoms with van der Waals surface area (Å²) in [7, 11) is 1.67. The molecule has 1 aliphatic rings. The van der Waals surface area contributed by atoms with Gasteiger partial charge < -0.3 is 35.2 Å². The molecule has 3 aromatic rings. The molecule has 0 aromatic heterocycles. The van der Waals surface area contributed by atoms with E-state index in [0.29, 0.717) is 24.3 Å². The maximum Gasteiger partial charge on any atom is 0.325 e. The van der Waals surface area contributed by atoms with Crippen molar-refractivity contribution < 1.29 is 23.9 Å². The summed E-state index contributed by atoms with van der Waals surface area (Å²) in [6, 6.07) is 22.2. The Morgan fingerprint density at radius 2 is 1.54 bits per heavy atom. The predicted octanol–water partition coefficient (Wildman–Crippen LogP) is 4.20. The Labute approximate surface area is 240 Å². The fourth-order valence-electron chi connectivity index (χ4n) is 4.79. The van der Waals surface area contributed by atoms with E-state index in [1.807, 2.05) is 67.6 Å². The Morgan fingerprint density at radius 3 is 2.22 bits per heavy atom. The van der Waals surface area contributed by atoms with Crippen LogP contribution < -0.4 is 30.5 Å². The third kappa shape index (κ3) is 7.69. The highest BCUT2D eigenvalue weighted by Gasteiger charge is 2.24. The molecule has 1 heterocycles. The van der Waals surface area contributed by atoms with Crippen LogP contribution in [0.15, 0.2) is 72.8 Å². The molecule has 1 saturated heterocycles. The summed E-state index contributed by atoms with van der Waals surface area (Å²) in [6.45, 7) is 6.49. The van der Waals surface area contributed by atoms with Crippen molar-refractivity contribution in [2.45, 2.75) is 19.9 Å². The Morgan fingerprint density at radius 1 is 0.878 bits per heavy atom. The van der Waals surface area contributed by atoms with E-state index in [2.05, 4.69) is 25.8 Å². The smallest absolute Gasteiger partial charge is 0.325 e. The van der Waals surface area contributed by atoms with Crippen molar-refractivity contribution in [3.63, 3.8) is 0 Å². The largest absolute Gasteiger partial charge is 0.495 e. The van der Waals surface area contributed by atoms with Crippen molar-refractivity contribution in [2.24, 2.45) is 0 Å². The summed E-state index contributed by atoms with van der Waals surface area (Å²) in [4.78, 5) is 42.1. The SMILES string of the molecule is CCOC(=O)CNC(=O)Nc1ccc(N2CCN(c3ccccc3OC)CC2)c(C(=O)NC(C)c2ccccc2)c1. The van der Waals surface area contributed by atoms with Gasteiger partial charge in [-0.25, -0.2) is 4.79 Å². The van der Waals surface area contributed by atoms with Crippen LogP contribution in [0.3, 0.4) is 0 Å². The summed E-state index contributed by atoms with van der Waals surface area (Å²) in [5.41, 5.74) is 3.68. The van der Waals surface area contributed by atoms with Crippen LogP contribution in [0, 0.1) is 0 Å². The zero-order valence-electron chi connectivity index (χ0n) is 23.7. The summed E-state index contributed by atoms with van der Waals surface area (Å²) in [5, 5.41) is 8.28. The van der Waals surface area contributed by atoms with E-state index in [4.69, 9.17) is 9.47 Å². The number of amides is 3. The van der Waals surface area contributed by atoms with Crippen LogP contribution in [0.2, 0.25) is 0 Å². The fraction of sp³-hybridized carbons (Fsp3) is 0.323. The maximum atomic E-state index is 13.6. The lowest BCUT2D eigenvalue weighted by Crippen LogP contribution is -2.47. The minimum absolute atomic E-state index is 0.219. The number of ether oxygens (including phenoxy) is 2. The maximum absolute atomic E-state index is 13.6. The van der Waals surface area contributed by atoms with Crippen LogP contribution in [0.4, 0.5) is 21.9 Å². The second-order valence-corrected chi connectivity index (χ2v) is 9.60. The highest BCUT2D eigenvalue weighted by atomic mass is 16.5. The first-order valence-electron chi connectivity index (χ1n) is 13.7. The first kappa shape index (κ1) is 29.3. The molecule has 0 bridgehead atoms. The third-order valence-electron chi connectivity index (χ3n) is 6.89. The van der Waals surface area contributed by atoms with E-state index in [-0.39, 0.29) is 25.1 Å². The van der Waals surface area contributed by atoms with Gasteiger partial charge in [0.2, 0.25) is 0 Å². The van der Waals surface area contributed by atoms with Gasteiger partial charge in [-0.15, -0.1) is 0 Å². The van der Waals surface area contributed by atoms with Crippen LogP contribution in [0.1, 0.15) is 35.8 Å². The monoisotopic (exact) mass is 559 g/mol. The van der Waals surface area contributed by atoms with E-state index in [9.17, 15) is 14.4 Å². The number of urea groups is 1. The van der Waals surface area contributed by atoms with E-state index < -0.39 is 12.0 Å². The fourth-order valence-corrected chi connectivity index (χ4v) is 4.79. The standard InChI is InChI=1S/C31H37N5O5/c1-4-41-29(37)21-32-31(39)34-24-14-15-26(25(20-24)30(38)33-22(2)23-10-6-5-7-11-23)35-16-18-36(19-17-35)27-12-8-9-13-28(27)40-3/h5-15,20,22H,4,16-19,21H2,1-3H3,(H,33,38)(H2,32,34,39). The number of para-hydroxylation sites is 2. The Balaban J connectivity index is 1.52. The van der Waals surface area contributed by atoms with Crippen LogP contribution >= 0.6 is 0 Å². The highest BCUT2D eigenvalue weighted by molar-refractivity contribution is 6.02. The van der Waals surface area contributed by atoms with Crippen LogP contribution in [0.5, 0.6) is 5.75 Å². The quantitative estimate of drug-likeness (QED) is 0.319. The van der Waals surface area contributed by atoms with Gasteiger partial charge in [0.1, 0.15) is 12.3 Å². The lowest BCUT2D eigenvalue weighted by molar-refractivity contribution is -0.141. The van der Waals surface area contributed by atoms with E-state index in [1.165, 1.54) is 0 Å². The summed E-state index contributed by atoms with van der Waals surface area (Å²) in [6.07, 6.45) is 0. The average molecular weight is 560 g/mol. The number of benzene rings is 3. The van der Waals surface area contributed by atoms with Crippen molar-refractivity contribution in [1.82, 2.24) is 10.6 Å². The van der Waals surface area contributed by atoms with Gasteiger partial charge in [-0.3, -0.25) is 9.59 Å². The molecule has 0 saturated carbocycles. The van der Waals surface area contributed by atoms with Crippen molar-refractivity contribution in [3.05, 3.63) is 83.9 Å². The molecule has 0 spiro atoms. The molecule has 0 radical (unpaired) electrons. The lowest BCUT2D eigenvalue weighted by atomic mass is 10.1. The molecule has 0 aliphatic carbocycles. The van der Waals surface area contributed by atoms with Crippen molar-refractivity contribution in [3.8, 4) is 5.75 Å². The van der Waals surface area contributed by atoms with Crippen LogP contribution in [-0.2, 0) is 9.53 Å². The highest BCUT2D eigenvalue weighted by Crippen LogP contribution is 2.31. The molecule has 41 heavy (non-hydrogen) atoms. The molecule has 1 aliphatic heterocycles. The molecule has 3 N–H and O–H groups in total. The molecule has 4 rings (SSSR count). The number of nitrogens with one attached hydrogen (secondary N) is 3. The van der Waals surface area contributed by atoms with Gasteiger partial charge in [-0.2, -0.15) is 0 Å². The molecule has 1 fully saturated rings. The minimum atomic E-state index is -0.569. The summed E-state index contributed by atoms with van der Waals surface area (Å²) < 4.78 is 10.4. The molecule has 3 aromatic carbocycles. The normalized spacial score (nSPS) is 13.6. The van der Waals surface area contributed by atoms with E-state index in [0.717, 1.165) is 35.8 Å². The average Bonchev–Trinajstić information content (AvgIpc) is 3.00. The van der Waals surface area contributed by atoms with Gasteiger partial charge >= 0.3 is 12.0 Å². The van der Waals surface area contributed by atoms with Crippen molar-refractivity contribution in [2.75, 3.05) is 61.6 Å². The van der Waals surface area contributed by atoms with Gasteiger partial charge in [0.15, 0.2) is 0 Å². The number of methoxy groups -OCH3 is 1. The number of nitrogens with zero attached hydrogens (tertiary/aromatic N) is 2. The molecule has 10 heteroatoms. The Hall–Kier alpha value is -4.73. The second kappa shape index (κ2) is 14.1. The first-order chi connectivity index (χ1) is 19.9. The number of hydrogen-bond acceptors (Lipinski definition) is 7. The predicted molar refractivity (Wildman–Crippen MR) is 160 cm³/mol. The van der Waals surface area contributed by atoms with Crippen molar-refractivity contribution >= 4 is 35.0 Å². The number of anilines is 3. The molecule has 3 amide bonds. The van der Waals surface area contributed by atoms with Crippen LogP contribution in [0.25, 0.3) is 0 Å². The number of carbonyl (C=O) groups is 3. The van der Waals surface area contributed by atoms with Gasteiger partial charge in [0.05, 0.1) is 31.0 Å². The molecular weight excluding hydrogens is 522 g/mol. The van der Waals surface area contributed by atoms with E-state index >= 15 is 0 Å². The molecule has 10 nitrogen and oxygen atoms in total. The summed E-state index contributed by atoms with van der Waals surface area (Å²) >= 11 is 0. The van der Waals surface area contributed by atoms with E-state index in [1.54, 1.807) is 26.2 Å². The topological polar surface area (TPSA) is 112 Å². The van der Waals surface area contributed by atoms with Gasteiger partial charge in [-0.05, 0) is 49.7 Å². The molecule has 216 valence electrons. The van der Waals surface area contributed by atoms with Gasteiger partial charge in [0, 0.05) is 37.6 Å². The number of carbonyl (C=O) groups excluding carboxylic acids is 3. The van der Waals surface area contributed by atoms with Crippen LogP contribution in [-0.4, -0.2) is 64.3 Å². The zero-order valence-corrected chi connectivity index (χ0v) is 23.7. The van der Waals surface area contributed by atoms with Gasteiger partial charge in [0.25, 0.3) is 5.91 Å². The van der Waals surface area contributed by atoms with Gasteiger partial charge in [-0.1, -0.05) is 42.5 Å². The van der Waals surface area contributed by atoms with Crippen molar-refractivity contribution in [1.29, 1.82) is 0 Å². The Bertz CT molecular complexity index is 1340.